The summed E-state index contributed by atoms with van der Waals surface area (Å²) in [7, 11) is 0. The van der Waals surface area contributed by atoms with Gasteiger partial charge in [0, 0.05) is 38.3 Å². The van der Waals surface area contributed by atoms with E-state index < -0.39 is 6.04 Å². The van der Waals surface area contributed by atoms with Crippen molar-refractivity contribution in [3.63, 3.8) is 0 Å². The van der Waals surface area contributed by atoms with Crippen LogP contribution in [0.4, 0.5) is 0 Å². The van der Waals surface area contributed by atoms with Gasteiger partial charge in [0.2, 0.25) is 5.91 Å². The van der Waals surface area contributed by atoms with Gasteiger partial charge >= 0.3 is 0 Å². The third-order valence-corrected chi connectivity index (χ3v) is 5.95. The fraction of sp³-hybridized carbons (Fsp3) is 0.440. The molecule has 0 unspecified atom stereocenters. The van der Waals surface area contributed by atoms with E-state index >= 15 is 0 Å². The maximum absolute atomic E-state index is 13.2. The van der Waals surface area contributed by atoms with Crippen LogP contribution < -0.4 is 5.32 Å². The first-order valence-corrected chi connectivity index (χ1v) is 10.8. The summed E-state index contributed by atoms with van der Waals surface area (Å²) in [5.74, 6) is -0.142. The van der Waals surface area contributed by atoms with Gasteiger partial charge in [0.25, 0.3) is 5.91 Å². The normalized spacial score (nSPS) is 15.8. The number of nitrogens with one attached hydrogen (secondary N) is 1. The summed E-state index contributed by atoms with van der Waals surface area (Å²) < 4.78 is 0. The van der Waals surface area contributed by atoms with Gasteiger partial charge in [0.05, 0.1) is 0 Å². The lowest BCUT2D eigenvalue weighted by molar-refractivity contribution is -0.136. The minimum atomic E-state index is -0.514. The molecule has 1 heterocycles. The second-order valence-electron chi connectivity index (χ2n) is 8.54. The number of rotatable bonds is 6. The Morgan fingerprint density at radius 3 is 2.10 bits per heavy atom. The van der Waals surface area contributed by atoms with Crippen molar-refractivity contribution in [1.29, 1.82) is 0 Å². The Bertz CT molecular complexity index is 885. The van der Waals surface area contributed by atoms with E-state index in [1.54, 1.807) is 6.07 Å². The highest BCUT2D eigenvalue weighted by Crippen LogP contribution is 2.15. The molecule has 0 bridgehead atoms. The molecule has 1 N–H and O–H groups in total. The lowest BCUT2D eigenvalue weighted by atomic mass is 10.0. The lowest BCUT2D eigenvalue weighted by Crippen LogP contribution is -2.56. The van der Waals surface area contributed by atoms with Crippen molar-refractivity contribution in [3.8, 4) is 0 Å². The Kier molecular flexibility index (Phi) is 7.27. The minimum absolute atomic E-state index is 0.0162. The third kappa shape index (κ3) is 5.28. The van der Waals surface area contributed by atoms with Crippen molar-refractivity contribution in [2.45, 2.75) is 40.3 Å². The molecule has 3 rings (SSSR count). The number of carbonyl (C=O) groups excluding carboxylic acids is 2. The molecule has 0 radical (unpaired) electrons. The highest BCUT2D eigenvalue weighted by molar-refractivity contribution is 5.98. The average molecular weight is 408 g/mol. The first kappa shape index (κ1) is 22.0. The zero-order valence-electron chi connectivity index (χ0n) is 18.5. The van der Waals surface area contributed by atoms with Crippen LogP contribution in [0.2, 0.25) is 0 Å². The molecular formula is C25H33N3O2. The number of piperazine rings is 1. The van der Waals surface area contributed by atoms with Crippen molar-refractivity contribution in [1.82, 2.24) is 15.1 Å². The second kappa shape index (κ2) is 9.90. The van der Waals surface area contributed by atoms with E-state index in [2.05, 4.69) is 41.4 Å². The minimum Gasteiger partial charge on any atom is -0.340 e. The zero-order chi connectivity index (χ0) is 21.7. The molecule has 2 aromatic rings. The zero-order valence-corrected chi connectivity index (χ0v) is 18.5. The molecule has 1 aliphatic rings. The van der Waals surface area contributed by atoms with Crippen LogP contribution in [0.5, 0.6) is 0 Å². The summed E-state index contributed by atoms with van der Waals surface area (Å²) in [6.45, 7) is 12.0. The Labute approximate surface area is 180 Å². The van der Waals surface area contributed by atoms with Gasteiger partial charge in [-0.05, 0) is 42.5 Å². The maximum atomic E-state index is 13.2. The number of aryl methyl sites for hydroxylation is 2. The summed E-state index contributed by atoms with van der Waals surface area (Å²) in [5, 5.41) is 2.99. The van der Waals surface area contributed by atoms with Crippen LogP contribution in [0.1, 0.15) is 40.9 Å². The Hall–Kier alpha value is -2.66. The van der Waals surface area contributed by atoms with E-state index in [0.717, 1.165) is 25.2 Å². The molecule has 1 fully saturated rings. The van der Waals surface area contributed by atoms with Crippen molar-refractivity contribution < 1.29 is 9.59 Å². The van der Waals surface area contributed by atoms with Gasteiger partial charge < -0.3 is 10.2 Å². The largest absolute Gasteiger partial charge is 0.340 e. The SMILES string of the molecule is Cc1ccccc1CN1CCN(C(=O)[C@@H](NC(=O)c2ccccc2C)C(C)C)CC1. The summed E-state index contributed by atoms with van der Waals surface area (Å²) in [6.07, 6.45) is 0. The maximum Gasteiger partial charge on any atom is 0.252 e. The first-order valence-electron chi connectivity index (χ1n) is 10.8. The third-order valence-electron chi connectivity index (χ3n) is 5.95. The molecule has 0 aromatic heterocycles. The predicted molar refractivity (Wildman–Crippen MR) is 120 cm³/mol. The number of carbonyl (C=O) groups is 2. The molecule has 2 aromatic carbocycles. The summed E-state index contributed by atoms with van der Waals surface area (Å²) in [5.41, 5.74) is 4.17. The van der Waals surface area contributed by atoms with E-state index in [9.17, 15) is 9.59 Å². The fourth-order valence-electron chi connectivity index (χ4n) is 3.91. The molecule has 1 saturated heterocycles. The van der Waals surface area contributed by atoms with E-state index in [4.69, 9.17) is 0 Å². The van der Waals surface area contributed by atoms with Crippen molar-refractivity contribution in [3.05, 3.63) is 70.8 Å². The number of nitrogens with zero attached hydrogens (tertiary/aromatic N) is 2. The topological polar surface area (TPSA) is 52.6 Å². The van der Waals surface area contributed by atoms with Crippen LogP contribution in [-0.4, -0.2) is 53.8 Å². The summed E-state index contributed by atoms with van der Waals surface area (Å²) >= 11 is 0. The molecule has 30 heavy (non-hydrogen) atoms. The van der Waals surface area contributed by atoms with Crippen molar-refractivity contribution in [2.24, 2.45) is 5.92 Å². The van der Waals surface area contributed by atoms with Gasteiger partial charge in [-0.15, -0.1) is 0 Å². The smallest absolute Gasteiger partial charge is 0.252 e. The molecule has 0 saturated carbocycles. The fourth-order valence-corrected chi connectivity index (χ4v) is 3.91. The first-order chi connectivity index (χ1) is 14.4. The Morgan fingerprint density at radius 1 is 0.900 bits per heavy atom. The highest BCUT2D eigenvalue weighted by Gasteiger charge is 2.31. The number of hydrogen-bond acceptors (Lipinski definition) is 3. The predicted octanol–water partition coefficient (Wildman–Crippen LogP) is 3.40. The van der Waals surface area contributed by atoms with Gasteiger partial charge in [-0.3, -0.25) is 14.5 Å². The molecular weight excluding hydrogens is 374 g/mol. The van der Waals surface area contributed by atoms with E-state index in [1.807, 2.05) is 43.9 Å². The summed E-state index contributed by atoms with van der Waals surface area (Å²) in [4.78, 5) is 30.3. The number of benzene rings is 2. The Balaban J connectivity index is 1.59. The molecule has 1 aliphatic heterocycles. The number of hydrogen-bond donors (Lipinski definition) is 1. The molecule has 2 amide bonds. The molecule has 160 valence electrons. The second-order valence-corrected chi connectivity index (χ2v) is 8.54. The van der Waals surface area contributed by atoms with E-state index in [-0.39, 0.29) is 17.7 Å². The van der Waals surface area contributed by atoms with Crippen LogP contribution in [0, 0.1) is 19.8 Å². The van der Waals surface area contributed by atoms with Crippen LogP contribution in [0.25, 0.3) is 0 Å². The van der Waals surface area contributed by atoms with Gasteiger partial charge in [0.1, 0.15) is 6.04 Å². The van der Waals surface area contributed by atoms with Gasteiger partial charge in [0.15, 0.2) is 0 Å². The number of amides is 2. The van der Waals surface area contributed by atoms with Crippen LogP contribution in [0.15, 0.2) is 48.5 Å². The molecule has 1 atom stereocenters. The van der Waals surface area contributed by atoms with E-state index in [0.29, 0.717) is 18.7 Å². The highest BCUT2D eigenvalue weighted by atomic mass is 16.2. The van der Waals surface area contributed by atoms with E-state index in [1.165, 1.54) is 11.1 Å². The standard InChI is InChI=1S/C25H33N3O2/c1-18(2)23(26-24(29)22-12-8-6-10-20(22)4)25(30)28-15-13-27(14-16-28)17-21-11-7-5-9-19(21)3/h5-12,18,23H,13-17H2,1-4H3,(H,26,29)/t23-/m0/s1. The molecule has 5 heteroatoms. The molecule has 0 aliphatic carbocycles. The van der Waals surface area contributed by atoms with Gasteiger partial charge in [-0.2, -0.15) is 0 Å². The van der Waals surface area contributed by atoms with Crippen molar-refractivity contribution in [2.75, 3.05) is 26.2 Å². The average Bonchev–Trinajstić information content (AvgIpc) is 2.73. The lowest BCUT2D eigenvalue weighted by Gasteiger charge is -2.37. The Morgan fingerprint density at radius 2 is 1.50 bits per heavy atom. The summed E-state index contributed by atoms with van der Waals surface area (Å²) in [6, 6.07) is 15.4. The van der Waals surface area contributed by atoms with Crippen molar-refractivity contribution >= 4 is 11.8 Å². The molecule has 5 nitrogen and oxygen atoms in total. The van der Waals surface area contributed by atoms with Crippen LogP contribution in [0.3, 0.4) is 0 Å². The molecule has 0 spiro atoms. The van der Waals surface area contributed by atoms with Crippen LogP contribution >= 0.6 is 0 Å². The quantitative estimate of drug-likeness (QED) is 0.799. The van der Waals surface area contributed by atoms with Gasteiger partial charge in [-0.1, -0.05) is 56.3 Å². The van der Waals surface area contributed by atoms with Crippen LogP contribution in [-0.2, 0) is 11.3 Å². The van der Waals surface area contributed by atoms with Gasteiger partial charge in [-0.25, -0.2) is 0 Å². The monoisotopic (exact) mass is 407 g/mol.